The van der Waals surface area contributed by atoms with Gasteiger partial charge in [0.05, 0.1) is 26.4 Å². The zero-order chi connectivity index (χ0) is 74.6. The van der Waals surface area contributed by atoms with Crippen molar-refractivity contribution in [2.75, 3.05) is 39.6 Å². The van der Waals surface area contributed by atoms with Gasteiger partial charge in [-0.05, 0) is 89.9 Å². The average Bonchev–Trinajstić information content (AvgIpc) is 0.908. The number of phosphoric acid groups is 2. The van der Waals surface area contributed by atoms with Crippen molar-refractivity contribution in [1.29, 1.82) is 0 Å². The lowest BCUT2D eigenvalue weighted by atomic mass is 10.0. The molecule has 0 aliphatic heterocycles. The van der Waals surface area contributed by atoms with Gasteiger partial charge in [-0.1, -0.05) is 331 Å². The number of rotatable bonds is 77. The fraction of sp³-hybridized carbons (Fsp3) is 0.783. The summed E-state index contributed by atoms with van der Waals surface area (Å²) in [4.78, 5) is 73.0. The summed E-state index contributed by atoms with van der Waals surface area (Å²) in [6.45, 7) is 4.72. The Hall–Kier alpha value is -3.76. The van der Waals surface area contributed by atoms with E-state index in [2.05, 4.69) is 94.5 Å². The predicted molar refractivity (Wildman–Crippen MR) is 418 cm³/mol. The van der Waals surface area contributed by atoms with Crippen LogP contribution in [0.25, 0.3) is 0 Å². The zero-order valence-corrected chi connectivity index (χ0v) is 66.6. The molecule has 3 N–H and O–H groups in total. The van der Waals surface area contributed by atoms with Crippen LogP contribution in [0.5, 0.6) is 0 Å². The molecule has 0 heterocycles. The van der Waals surface area contributed by atoms with Gasteiger partial charge in [0.1, 0.15) is 19.3 Å². The van der Waals surface area contributed by atoms with Crippen LogP contribution in [0.2, 0.25) is 0 Å². The van der Waals surface area contributed by atoms with Crippen molar-refractivity contribution in [1.82, 2.24) is 0 Å². The fourth-order valence-electron chi connectivity index (χ4n) is 11.2. The van der Waals surface area contributed by atoms with Crippen molar-refractivity contribution in [2.24, 2.45) is 0 Å². The molecule has 0 aromatic rings. The van der Waals surface area contributed by atoms with Crippen molar-refractivity contribution in [2.45, 2.75) is 380 Å². The Morgan fingerprint density at radius 2 is 0.529 bits per heavy atom. The van der Waals surface area contributed by atoms with Crippen LogP contribution in [0.4, 0.5) is 0 Å². The molecule has 17 nitrogen and oxygen atoms in total. The third-order valence-electron chi connectivity index (χ3n) is 17.4. The van der Waals surface area contributed by atoms with Crippen molar-refractivity contribution < 1.29 is 80.2 Å². The summed E-state index contributed by atoms with van der Waals surface area (Å²) in [6.07, 6.45) is 78.6. The number of aliphatic hydroxyl groups excluding tert-OH is 1. The van der Waals surface area contributed by atoms with E-state index in [1.165, 1.54) is 167 Å². The van der Waals surface area contributed by atoms with E-state index in [-0.39, 0.29) is 25.7 Å². The summed E-state index contributed by atoms with van der Waals surface area (Å²) < 4.78 is 68.6. The molecule has 0 aliphatic carbocycles. The van der Waals surface area contributed by atoms with E-state index in [9.17, 15) is 43.2 Å². The maximum Gasteiger partial charge on any atom is 0.472 e. The second-order valence-corrected chi connectivity index (χ2v) is 30.3. The molecule has 0 bridgehead atoms. The van der Waals surface area contributed by atoms with Gasteiger partial charge in [-0.15, -0.1) is 0 Å². The van der Waals surface area contributed by atoms with E-state index < -0.39 is 97.5 Å². The molecule has 102 heavy (non-hydrogen) atoms. The molecule has 0 fully saturated rings. The average molecular weight is 1480 g/mol. The highest BCUT2D eigenvalue weighted by Gasteiger charge is 2.30. The number of allylic oxidation sites excluding steroid dienone is 14. The van der Waals surface area contributed by atoms with Gasteiger partial charge in [0.15, 0.2) is 12.2 Å². The highest BCUT2D eigenvalue weighted by Crippen LogP contribution is 2.45. The normalized spacial score (nSPS) is 14.3. The second kappa shape index (κ2) is 75.5. The Balaban J connectivity index is 5.39. The number of ether oxygens (including phenoxy) is 4. The van der Waals surface area contributed by atoms with E-state index in [4.69, 9.17) is 37.0 Å². The van der Waals surface area contributed by atoms with Crippen LogP contribution in [0.1, 0.15) is 362 Å². The van der Waals surface area contributed by atoms with Crippen LogP contribution in [0.3, 0.4) is 0 Å². The number of carbonyl (C=O) groups excluding carboxylic acids is 4. The molecule has 0 amide bonds. The van der Waals surface area contributed by atoms with Gasteiger partial charge in [-0.25, -0.2) is 9.13 Å². The van der Waals surface area contributed by atoms with Gasteiger partial charge < -0.3 is 33.8 Å². The first-order chi connectivity index (χ1) is 49.7. The summed E-state index contributed by atoms with van der Waals surface area (Å²) >= 11 is 0. The molecule has 0 rings (SSSR count). The molecule has 0 spiro atoms. The van der Waals surface area contributed by atoms with Gasteiger partial charge in [0, 0.05) is 25.7 Å². The Morgan fingerprint density at radius 1 is 0.284 bits per heavy atom. The van der Waals surface area contributed by atoms with Gasteiger partial charge in [0.25, 0.3) is 0 Å². The Kier molecular flexibility index (Phi) is 72.7. The first kappa shape index (κ1) is 98.2. The number of esters is 4. The summed E-state index contributed by atoms with van der Waals surface area (Å²) in [7, 11) is -9.97. The third kappa shape index (κ3) is 74.5. The quantitative estimate of drug-likeness (QED) is 0.0169. The van der Waals surface area contributed by atoms with Crippen molar-refractivity contribution in [3.63, 3.8) is 0 Å². The van der Waals surface area contributed by atoms with E-state index >= 15 is 0 Å². The van der Waals surface area contributed by atoms with Crippen LogP contribution in [-0.2, 0) is 65.4 Å². The van der Waals surface area contributed by atoms with Crippen molar-refractivity contribution in [3.8, 4) is 0 Å². The van der Waals surface area contributed by atoms with Gasteiger partial charge in [-0.2, -0.15) is 0 Å². The lowest BCUT2D eigenvalue weighted by Crippen LogP contribution is -2.30. The standard InChI is InChI=1S/C83H148O17P2/c1-5-9-13-17-21-25-29-33-36-37-38-39-42-46-50-54-58-62-66-70-83(88)100-79(74-94-81(86)68-64-60-56-52-48-45-41-35-31-27-23-19-15-11-7-3)76-98-102(91,92)96-72-77(84)71-95-101(89,90)97-75-78(99-82(87)69-65-61-57-53-49-43-32-28-24-20-16-12-8-4)73-93-80(85)67-63-59-55-51-47-44-40-34-30-26-22-18-14-10-6-2/h9,13,21,25,28,32-33,36,38-39,46,50,58,62,77-79,84H,5-8,10-12,14-20,22-24,26-27,29-31,34-35,37,40-45,47-49,51-57,59-61,63-76H2,1-4H3,(H,89,90)(H,91,92)/b13-9-,25-21-,32-28-,36-33-,39-38-,50-46-,62-58-/t77-,78+,79+/m0/s1. The maximum atomic E-state index is 13.1. The zero-order valence-electron chi connectivity index (χ0n) is 64.8. The van der Waals surface area contributed by atoms with E-state index in [1.54, 1.807) is 0 Å². The molecule has 0 radical (unpaired) electrons. The lowest BCUT2D eigenvalue weighted by molar-refractivity contribution is -0.161. The van der Waals surface area contributed by atoms with Crippen LogP contribution in [-0.4, -0.2) is 96.7 Å². The number of aliphatic hydroxyl groups is 1. The summed E-state index contributed by atoms with van der Waals surface area (Å²) in [6, 6.07) is 0. The summed E-state index contributed by atoms with van der Waals surface area (Å²) in [5.74, 6) is -2.25. The first-order valence-corrected chi connectivity index (χ1v) is 43.8. The first-order valence-electron chi connectivity index (χ1n) is 40.8. The maximum absolute atomic E-state index is 13.1. The van der Waals surface area contributed by atoms with Gasteiger partial charge in [0.2, 0.25) is 0 Å². The number of unbranched alkanes of at least 4 members (excludes halogenated alkanes) is 37. The van der Waals surface area contributed by atoms with Gasteiger partial charge >= 0.3 is 39.5 Å². The number of carbonyl (C=O) groups is 4. The molecule has 0 aromatic carbocycles. The Morgan fingerprint density at radius 3 is 0.853 bits per heavy atom. The fourth-order valence-corrected chi connectivity index (χ4v) is 12.8. The topological polar surface area (TPSA) is 237 Å². The second-order valence-electron chi connectivity index (χ2n) is 27.3. The molecule has 592 valence electrons. The molecule has 0 aromatic heterocycles. The predicted octanol–water partition coefficient (Wildman–Crippen LogP) is 23.8. The minimum atomic E-state index is -4.99. The van der Waals surface area contributed by atoms with E-state index in [0.29, 0.717) is 32.1 Å². The number of hydrogen-bond donors (Lipinski definition) is 3. The van der Waals surface area contributed by atoms with Crippen LogP contribution in [0.15, 0.2) is 85.1 Å². The minimum absolute atomic E-state index is 0.0272. The van der Waals surface area contributed by atoms with Crippen LogP contribution in [0, 0.1) is 0 Å². The molecule has 0 saturated carbocycles. The number of hydrogen-bond acceptors (Lipinski definition) is 15. The van der Waals surface area contributed by atoms with Gasteiger partial charge in [-0.3, -0.25) is 37.3 Å². The monoisotopic (exact) mass is 1480 g/mol. The highest BCUT2D eigenvalue weighted by molar-refractivity contribution is 7.47. The third-order valence-corrected chi connectivity index (χ3v) is 19.3. The van der Waals surface area contributed by atoms with Crippen molar-refractivity contribution >= 4 is 39.5 Å². The Bertz CT molecular complexity index is 2260. The SMILES string of the molecule is CC/C=C\C/C=C\C/C=C\C/C=C\C/C=C\C/C=C\CCC(=O)O[C@H](COC(=O)CCCCCCCCCCCCCCCCC)COP(=O)(O)OC[C@@H](O)COP(=O)(O)OC[C@@H](COC(=O)CCCCCCCCCCCCCCCCC)OC(=O)CCCCCCC/C=C\CCCCCC. The molecule has 19 heteroatoms. The Labute approximate surface area is 621 Å². The molecule has 5 atom stereocenters. The molecular weight excluding hydrogens is 1330 g/mol. The lowest BCUT2D eigenvalue weighted by Gasteiger charge is -2.21. The molecule has 0 aliphatic rings. The van der Waals surface area contributed by atoms with Crippen LogP contribution < -0.4 is 0 Å². The summed E-state index contributed by atoms with van der Waals surface area (Å²) in [5.41, 5.74) is 0. The largest absolute Gasteiger partial charge is 0.472 e. The summed E-state index contributed by atoms with van der Waals surface area (Å²) in [5, 5.41) is 10.6. The van der Waals surface area contributed by atoms with Crippen molar-refractivity contribution in [3.05, 3.63) is 85.1 Å². The van der Waals surface area contributed by atoms with Crippen LogP contribution >= 0.6 is 15.6 Å². The smallest absolute Gasteiger partial charge is 0.462 e. The molecule has 2 unspecified atom stereocenters. The highest BCUT2D eigenvalue weighted by atomic mass is 31.2. The van der Waals surface area contributed by atoms with E-state index in [1.807, 2.05) is 18.2 Å². The molecule has 0 saturated heterocycles. The minimum Gasteiger partial charge on any atom is -0.462 e. The number of phosphoric ester groups is 2. The molecular formula is C83H148O17P2. The van der Waals surface area contributed by atoms with E-state index in [0.717, 1.165) is 109 Å².